The fraction of sp³-hybridized carbons (Fsp3) is 0.241. The molecule has 1 aromatic heterocycles. The molecular weight excluding hydrogens is 457 g/mol. The molecule has 6 heteroatoms. The third-order valence-corrected chi connectivity index (χ3v) is 7.30. The van der Waals surface area contributed by atoms with Crippen LogP contribution in [0.15, 0.2) is 78.9 Å². The van der Waals surface area contributed by atoms with Gasteiger partial charge in [-0.25, -0.2) is 13.7 Å². The third-order valence-electron chi connectivity index (χ3n) is 6.55. The van der Waals surface area contributed by atoms with E-state index in [2.05, 4.69) is 9.62 Å². The summed E-state index contributed by atoms with van der Waals surface area (Å²) in [5, 5.41) is 4.10. The summed E-state index contributed by atoms with van der Waals surface area (Å²) in [5.41, 5.74) is 4.89. The Labute approximate surface area is 209 Å². The lowest BCUT2D eigenvalue weighted by Crippen LogP contribution is -2.31. The molecule has 5 rings (SSSR count). The molecule has 1 aliphatic rings. The summed E-state index contributed by atoms with van der Waals surface area (Å²) in [7, 11) is 2.01. The first-order valence-corrected chi connectivity index (χ1v) is 13.0. The number of nitrogens with zero attached hydrogens (tertiary/aromatic N) is 2. The molecule has 1 fully saturated rings. The maximum Gasteiger partial charge on any atom is 0.252 e. The van der Waals surface area contributed by atoms with Gasteiger partial charge in [-0.2, -0.15) is 0 Å². The van der Waals surface area contributed by atoms with Gasteiger partial charge < -0.3 is 5.32 Å². The number of aromatic nitrogens is 1. The van der Waals surface area contributed by atoms with E-state index in [-0.39, 0.29) is 17.8 Å². The van der Waals surface area contributed by atoms with Crippen molar-refractivity contribution < 1.29 is 9.18 Å². The van der Waals surface area contributed by atoms with Crippen molar-refractivity contribution in [2.24, 2.45) is 5.92 Å². The largest absolute Gasteiger partial charge is 0.345 e. The number of carbonyl (C=O) groups is 1. The molecule has 0 spiro atoms. The van der Waals surface area contributed by atoms with Gasteiger partial charge in [0.15, 0.2) is 0 Å². The van der Waals surface area contributed by atoms with Crippen LogP contribution >= 0.6 is 11.9 Å². The standard InChI is InChI=1S/C29H28FN3OS/c1-33(35-2)18-24-26(29(34)32-27(20-15-16-20)21-11-8-12-22(30)17-21)23-13-6-7-14-25(23)31-28(24)19-9-4-3-5-10-19/h3-14,17,20,27H,15-16,18H2,1-2H3,(H,32,34)/t27-/m0/s1. The molecule has 0 saturated heterocycles. The molecule has 1 aliphatic carbocycles. The van der Waals surface area contributed by atoms with E-state index in [1.807, 2.05) is 74.0 Å². The van der Waals surface area contributed by atoms with Crippen molar-refractivity contribution in [3.63, 3.8) is 0 Å². The van der Waals surface area contributed by atoms with Crippen LogP contribution in [0.2, 0.25) is 0 Å². The van der Waals surface area contributed by atoms with Crippen molar-refractivity contribution >= 4 is 28.8 Å². The molecular formula is C29H28FN3OS. The zero-order chi connectivity index (χ0) is 24.4. The fourth-order valence-corrected chi connectivity index (χ4v) is 4.86. The number of carbonyl (C=O) groups excluding carboxylic acids is 1. The van der Waals surface area contributed by atoms with E-state index >= 15 is 0 Å². The molecule has 0 aliphatic heterocycles. The van der Waals surface area contributed by atoms with Gasteiger partial charge in [0.1, 0.15) is 5.82 Å². The van der Waals surface area contributed by atoms with Crippen LogP contribution in [0, 0.1) is 11.7 Å². The number of rotatable bonds is 8. The number of para-hydroxylation sites is 1. The van der Waals surface area contributed by atoms with Gasteiger partial charge in [0.05, 0.1) is 22.8 Å². The lowest BCUT2D eigenvalue weighted by molar-refractivity contribution is 0.0932. The summed E-state index contributed by atoms with van der Waals surface area (Å²) in [6.07, 6.45) is 4.06. The van der Waals surface area contributed by atoms with E-state index in [9.17, 15) is 9.18 Å². The van der Waals surface area contributed by atoms with Gasteiger partial charge in [-0.1, -0.05) is 72.6 Å². The Hall–Kier alpha value is -3.22. The third kappa shape index (κ3) is 5.09. The minimum atomic E-state index is -0.287. The van der Waals surface area contributed by atoms with E-state index in [1.54, 1.807) is 18.0 Å². The van der Waals surface area contributed by atoms with Crippen molar-refractivity contribution in [1.29, 1.82) is 0 Å². The highest BCUT2D eigenvalue weighted by molar-refractivity contribution is 7.96. The average molecular weight is 486 g/mol. The Morgan fingerprint density at radius 3 is 2.54 bits per heavy atom. The van der Waals surface area contributed by atoms with Gasteiger partial charge in [0.2, 0.25) is 0 Å². The van der Waals surface area contributed by atoms with E-state index in [1.165, 1.54) is 12.1 Å². The maximum atomic E-state index is 14.1. The number of fused-ring (bicyclic) bond motifs is 1. The van der Waals surface area contributed by atoms with E-state index in [4.69, 9.17) is 4.98 Å². The molecule has 1 heterocycles. The molecule has 178 valence electrons. The van der Waals surface area contributed by atoms with E-state index in [0.29, 0.717) is 18.0 Å². The number of halogens is 1. The quantitative estimate of drug-likeness (QED) is 0.285. The molecule has 1 amide bonds. The Balaban J connectivity index is 1.66. The lowest BCUT2D eigenvalue weighted by Gasteiger charge is -2.24. The topological polar surface area (TPSA) is 45.2 Å². The summed E-state index contributed by atoms with van der Waals surface area (Å²) < 4.78 is 16.1. The monoisotopic (exact) mass is 485 g/mol. The number of hydrogen-bond donors (Lipinski definition) is 1. The highest BCUT2D eigenvalue weighted by Crippen LogP contribution is 2.42. The van der Waals surface area contributed by atoms with Crippen LogP contribution in [-0.2, 0) is 6.54 Å². The summed E-state index contributed by atoms with van der Waals surface area (Å²) in [6.45, 7) is 0.556. The van der Waals surface area contributed by atoms with Gasteiger partial charge >= 0.3 is 0 Å². The van der Waals surface area contributed by atoms with Crippen LogP contribution in [0.4, 0.5) is 4.39 Å². The zero-order valence-electron chi connectivity index (χ0n) is 19.9. The molecule has 3 aromatic carbocycles. The summed E-state index contributed by atoms with van der Waals surface area (Å²) in [6, 6.07) is 24.2. The van der Waals surface area contributed by atoms with Gasteiger partial charge in [-0.3, -0.25) is 4.79 Å². The number of nitrogens with one attached hydrogen (secondary N) is 1. The Bertz CT molecular complexity index is 1360. The van der Waals surface area contributed by atoms with Crippen LogP contribution in [0.5, 0.6) is 0 Å². The number of amides is 1. The Morgan fingerprint density at radius 2 is 1.83 bits per heavy atom. The first kappa shape index (κ1) is 23.5. The summed E-state index contributed by atoms with van der Waals surface area (Å²) >= 11 is 1.61. The smallest absolute Gasteiger partial charge is 0.252 e. The number of benzene rings is 3. The molecule has 1 N–H and O–H groups in total. The lowest BCUT2D eigenvalue weighted by atomic mass is 9.95. The first-order valence-electron chi connectivity index (χ1n) is 11.8. The minimum absolute atomic E-state index is 0.147. The highest BCUT2D eigenvalue weighted by atomic mass is 32.2. The summed E-state index contributed by atoms with van der Waals surface area (Å²) in [5.74, 6) is -0.114. The molecule has 1 atom stereocenters. The molecule has 0 bridgehead atoms. The van der Waals surface area contributed by atoms with Crippen LogP contribution in [0.25, 0.3) is 22.2 Å². The maximum absolute atomic E-state index is 14.1. The normalized spacial score (nSPS) is 14.3. The van der Waals surface area contributed by atoms with Gasteiger partial charge in [-0.05, 0) is 55.8 Å². The van der Waals surface area contributed by atoms with Gasteiger partial charge in [-0.15, -0.1) is 0 Å². The fourth-order valence-electron chi connectivity index (χ4n) is 4.60. The second-order valence-electron chi connectivity index (χ2n) is 9.01. The Kier molecular flexibility index (Phi) is 6.84. The van der Waals surface area contributed by atoms with Crippen LogP contribution in [0.3, 0.4) is 0 Å². The highest BCUT2D eigenvalue weighted by Gasteiger charge is 2.35. The number of pyridine rings is 1. The predicted octanol–water partition coefficient (Wildman–Crippen LogP) is 6.63. The molecule has 4 nitrogen and oxygen atoms in total. The average Bonchev–Trinajstić information content (AvgIpc) is 3.72. The first-order chi connectivity index (χ1) is 17.0. The second-order valence-corrected chi connectivity index (χ2v) is 10.00. The van der Waals surface area contributed by atoms with Crippen molar-refractivity contribution in [2.45, 2.75) is 25.4 Å². The van der Waals surface area contributed by atoms with E-state index < -0.39 is 0 Å². The molecule has 35 heavy (non-hydrogen) atoms. The molecule has 4 aromatic rings. The summed E-state index contributed by atoms with van der Waals surface area (Å²) in [4.78, 5) is 19.1. The van der Waals surface area contributed by atoms with Crippen molar-refractivity contribution in [1.82, 2.24) is 14.6 Å². The Morgan fingerprint density at radius 1 is 1.09 bits per heavy atom. The van der Waals surface area contributed by atoms with Crippen LogP contribution in [-0.4, -0.2) is 28.5 Å². The van der Waals surface area contributed by atoms with Crippen molar-refractivity contribution in [3.05, 3.63) is 101 Å². The van der Waals surface area contributed by atoms with Crippen molar-refractivity contribution in [3.8, 4) is 11.3 Å². The minimum Gasteiger partial charge on any atom is -0.345 e. The number of hydrogen-bond acceptors (Lipinski definition) is 4. The van der Waals surface area contributed by atoms with Gasteiger partial charge in [0.25, 0.3) is 5.91 Å². The van der Waals surface area contributed by atoms with E-state index in [0.717, 1.165) is 46.1 Å². The van der Waals surface area contributed by atoms with Crippen LogP contribution < -0.4 is 5.32 Å². The van der Waals surface area contributed by atoms with Crippen LogP contribution in [0.1, 0.15) is 40.4 Å². The zero-order valence-corrected chi connectivity index (χ0v) is 20.7. The SMILES string of the molecule is CSN(C)Cc1c(-c2ccccc2)nc2ccccc2c1C(=O)N[C@H](c1cccc(F)c1)C1CC1. The molecule has 0 unspecified atom stereocenters. The van der Waals surface area contributed by atoms with Gasteiger partial charge in [0, 0.05) is 23.1 Å². The molecule has 1 saturated carbocycles. The second kappa shape index (κ2) is 10.2. The van der Waals surface area contributed by atoms with Crippen molar-refractivity contribution in [2.75, 3.05) is 13.3 Å². The molecule has 0 radical (unpaired) electrons. The predicted molar refractivity (Wildman–Crippen MR) is 141 cm³/mol.